The molecule has 8 nitrogen and oxygen atoms in total. The molecule has 45 heavy (non-hydrogen) atoms. The Balaban J connectivity index is 1.48. The minimum absolute atomic E-state index is 0.0231. The standard InChI is InChI=1S/C37H41NO7/c1-23(2)43-16-17-44-37(40)34-24(3)38-30-19-28(26-14-15-32(41-4)33(21-26)42-5)20-31(39)36(30)35(34)27-12-9-13-29(18-27)45-22-25-10-7-6-8-11-25/h6-15,18,21,23,28,35,38H,16-17,19-20,22H2,1-5H3/t28-,35+/m1/s1. The van der Waals surface area contributed by atoms with Crippen molar-refractivity contribution in [3.63, 3.8) is 0 Å². The lowest BCUT2D eigenvalue weighted by Crippen LogP contribution is -2.36. The Morgan fingerprint density at radius 1 is 0.889 bits per heavy atom. The average Bonchev–Trinajstić information content (AvgIpc) is 3.05. The largest absolute Gasteiger partial charge is 0.493 e. The molecule has 5 rings (SSSR count). The van der Waals surface area contributed by atoms with Gasteiger partial charge in [-0.3, -0.25) is 4.79 Å². The Labute approximate surface area is 265 Å². The molecule has 1 heterocycles. The van der Waals surface area contributed by atoms with Gasteiger partial charge in [-0.25, -0.2) is 4.79 Å². The zero-order chi connectivity index (χ0) is 31.9. The van der Waals surface area contributed by atoms with E-state index in [0.717, 1.165) is 22.4 Å². The van der Waals surface area contributed by atoms with Gasteiger partial charge in [0.05, 0.1) is 32.5 Å². The third kappa shape index (κ3) is 7.40. The van der Waals surface area contributed by atoms with Crippen molar-refractivity contribution < 1.29 is 33.3 Å². The quantitative estimate of drug-likeness (QED) is 0.181. The van der Waals surface area contributed by atoms with E-state index in [2.05, 4.69) is 5.32 Å². The second-order valence-corrected chi connectivity index (χ2v) is 11.5. The highest BCUT2D eigenvalue weighted by atomic mass is 16.6. The Bertz CT molecular complexity index is 1590. The second-order valence-electron chi connectivity index (χ2n) is 11.5. The van der Waals surface area contributed by atoms with Crippen LogP contribution < -0.4 is 19.5 Å². The number of esters is 1. The lowest BCUT2D eigenvalue weighted by molar-refractivity contribution is -0.141. The number of methoxy groups -OCH3 is 2. The molecule has 2 atom stereocenters. The van der Waals surface area contributed by atoms with Crippen LogP contribution >= 0.6 is 0 Å². The van der Waals surface area contributed by atoms with Crippen molar-refractivity contribution in [2.24, 2.45) is 0 Å². The lowest BCUT2D eigenvalue weighted by Gasteiger charge is -2.37. The number of hydrogen-bond acceptors (Lipinski definition) is 8. The predicted molar refractivity (Wildman–Crippen MR) is 171 cm³/mol. The summed E-state index contributed by atoms with van der Waals surface area (Å²) >= 11 is 0. The summed E-state index contributed by atoms with van der Waals surface area (Å²) < 4.78 is 28.4. The van der Waals surface area contributed by atoms with Gasteiger partial charge in [-0.2, -0.15) is 0 Å². The van der Waals surface area contributed by atoms with Gasteiger partial charge in [0.25, 0.3) is 0 Å². The molecule has 0 bridgehead atoms. The first-order valence-corrected chi connectivity index (χ1v) is 15.3. The first-order chi connectivity index (χ1) is 21.8. The van der Waals surface area contributed by atoms with Crippen LogP contribution in [0.5, 0.6) is 17.2 Å². The minimum atomic E-state index is -0.612. The van der Waals surface area contributed by atoms with Gasteiger partial charge in [0.15, 0.2) is 17.3 Å². The monoisotopic (exact) mass is 611 g/mol. The second kappa shape index (κ2) is 14.5. The number of ether oxygens (including phenoxy) is 5. The molecule has 0 saturated carbocycles. The van der Waals surface area contributed by atoms with Crippen LogP contribution in [0.3, 0.4) is 0 Å². The average molecular weight is 612 g/mol. The van der Waals surface area contributed by atoms with Crippen LogP contribution in [-0.2, 0) is 25.7 Å². The summed E-state index contributed by atoms with van der Waals surface area (Å²) in [6.07, 6.45) is 0.915. The Hall–Kier alpha value is -4.56. The van der Waals surface area contributed by atoms with Crippen LogP contribution in [0.1, 0.15) is 62.1 Å². The highest BCUT2D eigenvalue weighted by Gasteiger charge is 2.41. The fourth-order valence-electron chi connectivity index (χ4n) is 6.01. The highest BCUT2D eigenvalue weighted by Crippen LogP contribution is 2.47. The summed E-state index contributed by atoms with van der Waals surface area (Å²) in [6, 6.07) is 23.3. The number of hydrogen-bond donors (Lipinski definition) is 1. The lowest BCUT2D eigenvalue weighted by atomic mass is 9.71. The molecule has 0 radical (unpaired) electrons. The number of Topliss-reactive ketones (excluding diaryl/α,β-unsaturated/α-hetero) is 1. The number of ketones is 1. The molecule has 3 aromatic rings. The van der Waals surface area contributed by atoms with E-state index < -0.39 is 11.9 Å². The van der Waals surface area contributed by atoms with E-state index >= 15 is 0 Å². The summed E-state index contributed by atoms with van der Waals surface area (Å²) in [5.74, 6) is 0.720. The van der Waals surface area contributed by atoms with Crippen LogP contribution in [0.4, 0.5) is 0 Å². The van der Waals surface area contributed by atoms with Crippen LogP contribution in [0.25, 0.3) is 0 Å². The molecule has 0 spiro atoms. The Morgan fingerprint density at radius 2 is 1.67 bits per heavy atom. The maximum Gasteiger partial charge on any atom is 0.336 e. The Kier molecular flexibility index (Phi) is 10.2. The molecule has 2 aliphatic rings. The fourth-order valence-corrected chi connectivity index (χ4v) is 6.01. The number of benzene rings is 3. The molecule has 0 aromatic heterocycles. The van der Waals surface area contributed by atoms with Crippen molar-refractivity contribution in [2.75, 3.05) is 27.4 Å². The molecular formula is C37H41NO7. The van der Waals surface area contributed by atoms with Crippen molar-refractivity contribution in [3.05, 3.63) is 112 Å². The highest BCUT2D eigenvalue weighted by molar-refractivity contribution is 6.04. The number of dihydropyridines is 1. The predicted octanol–water partition coefficient (Wildman–Crippen LogP) is 6.61. The smallest absolute Gasteiger partial charge is 0.336 e. The van der Waals surface area contributed by atoms with Crippen LogP contribution in [-0.4, -0.2) is 45.3 Å². The molecule has 8 heteroatoms. The van der Waals surface area contributed by atoms with Gasteiger partial charge in [0.1, 0.15) is 19.0 Å². The number of allylic oxidation sites excluding steroid dienone is 3. The first-order valence-electron chi connectivity index (χ1n) is 15.3. The zero-order valence-corrected chi connectivity index (χ0v) is 26.6. The van der Waals surface area contributed by atoms with E-state index in [-0.39, 0.29) is 31.0 Å². The molecule has 236 valence electrons. The molecule has 0 unspecified atom stereocenters. The maximum absolute atomic E-state index is 14.1. The molecule has 0 fully saturated rings. The van der Waals surface area contributed by atoms with E-state index in [0.29, 0.717) is 53.5 Å². The van der Waals surface area contributed by atoms with Gasteiger partial charge in [0.2, 0.25) is 0 Å². The van der Waals surface area contributed by atoms with Gasteiger partial charge in [-0.05, 0) is 74.1 Å². The molecule has 1 aliphatic heterocycles. The van der Waals surface area contributed by atoms with Gasteiger partial charge in [0, 0.05) is 29.3 Å². The molecule has 0 amide bonds. The fraction of sp³-hybridized carbons (Fsp3) is 0.351. The van der Waals surface area contributed by atoms with E-state index in [9.17, 15) is 9.59 Å². The normalized spacial score (nSPS) is 18.0. The number of carbonyl (C=O) groups excluding carboxylic acids is 2. The van der Waals surface area contributed by atoms with Crippen molar-refractivity contribution >= 4 is 11.8 Å². The summed E-state index contributed by atoms with van der Waals surface area (Å²) in [4.78, 5) is 27.8. The molecule has 1 N–H and O–H groups in total. The van der Waals surface area contributed by atoms with Gasteiger partial charge in [-0.15, -0.1) is 0 Å². The van der Waals surface area contributed by atoms with E-state index in [4.69, 9.17) is 23.7 Å². The van der Waals surface area contributed by atoms with Crippen LogP contribution in [0.2, 0.25) is 0 Å². The topological polar surface area (TPSA) is 92.3 Å². The Morgan fingerprint density at radius 3 is 2.40 bits per heavy atom. The summed E-state index contributed by atoms with van der Waals surface area (Å²) in [6.45, 7) is 6.52. The number of rotatable bonds is 12. The van der Waals surface area contributed by atoms with E-state index in [1.165, 1.54) is 0 Å². The van der Waals surface area contributed by atoms with Crippen LogP contribution in [0.15, 0.2) is 95.3 Å². The van der Waals surface area contributed by atoms with Crippen molar-refractivity contribution in [1.82, 2.24) is 5.32 Å². The third-order valence-electron chi connectivity index (χ3n) is 8.13. The SMILES string of the molecule is COc1ccc([C@H]2CC(=O)C3=C(C2)NC(C)=C(C(=O)OCCOC(C)C)[C@@H]3c2cccc(OCc3ccccc3)c2)cc1OC. The molecule has 0 saturated heterocycles. The summed E-state index contributed by atoms with van der Waals surface area (Å²) in [7, 11) is 3.20. The van der Waals surface area contributed by atoms with E-state index in [1.807, 2.05) is 93.6 Å². The van der Waals surface area contributed by atoms with Crippen LogP contribution in [0, 0.1) is 0 Å². The molecule has 1 aliphatic carbocycles. The van der Waals surface area contributed by atoms with Gasteiger partial charge < -0.3 is 29.0 Å². The van der Waals surface area contributed by atoms with E-state index in [1.54, 1.807) is 14.2 Å². The number of carbonyl (C=O) groups is 2. The minimum Gasteiger partial charge on any atom is -0.493 e. The van der Waals surface area contributed by atoms with Crippen molar-refractivity contribution in [1.29, 1.82) is 0 Å². The zero-order valence-electron chi connectivity index (χ0n) is 26.6. The molecule has 3 aromatic carbocycles. The molecular weight excluding hydrogens is 570 g/mol. The summed E-state index contributed by atoms with van der Waals surface area (Å²) in [5, 5.41) is 3.42. The first kappa shape index (κ1) is 31.9. The van der Waals surface area contributed by atoms with Gasteiger partial charge in [-0.1, -0.05) is 48.5 Å². The van der Waals surface area contributed by atoms with Gasteiger partial charge >= 0.3 is 5.97 Å². The van der Waals surface area contributed by atoms with Crippen molar-refractivity contribution in [2.45, 2.75) is 58.2 Å². The third-order valence-corrected chi connectivity index (χ3v) is 8.13. The van der Waals surface area contributed by atoms with Crippen molar-refractivity contribution in [3.8, 4) is 17.2 Å². The maximum atomic E-state index is 14.1. The summed E-state index contributed by atoms with van der Waals surface area (Å²) in [5.41, 5.74) is 5.28. The number of nitrogens with one attached hydrogen (secondary N) is 1.